The van der Waals surface area contributed by atoms with Gasteiger partial charge >= 0.3 is 5.97 Å². The van der Waals surface area contributed by atoms with Crippen LogP contribution in [-0.2, 0) is 9.53 Å². The zero-order valence-electron chi connectivity index (χ0n) is 8.75. The molecule has 0 spiro atoms. The van der Waals surface area contributed by atoms with Crippen LogP contribution in [0.15, 0.2) is 0 Å². The molecule has 0 unspecified atom stereocenters. The summed E-state index contributed by atoms with van der Waals surface area (Å²) in [6.07, 6.45) is 2.48. The van der Waals surface area contributed by atoms with Crippen LogP contribution in [0.2, 0.25) is 0 Å². The van der Waals surface area contributed by atoms with Crippen molar-refractivity contribution in [2.45, 2.75) is 32.7 Å². The molecule has 1 aliphatic rings. The van der Waals surface area contributed by atoms with Gasteiger partial charge in [-0.05, 0) is 32.2 Å². The van der Waals surface area contributed by atoms with Gasteiger partial charge in [-0.3, -0.25) is 9.69 Å². The number of methoxy groups -OCH3 is 1. The second-order valence-electron chi connectivity index (χ2n) is 3.94. The third-order valence-corrected chi connectivity index (χ3v) is 2.78. The van der Waals surface area contributed by atoms with Crippen molar-refractivity contribution in [2.75, 3.05) is 20.2 Å². The molecular formula is C10H19NO2. The molecule has 1 rings (SSSR count). The summed E-state index contributed by atoms with van der Waals surface area (Å²) in [4.78, 5) is 13.5. The average molecular weight is 185 g/mol. The smallest absolute Gasteiger partial charge is 0.322 e. The fourth-order valence-corrected chi connectivity index (χ4v) is 1.90. The molecule has 1 heterocycles. The van der Waals surface area contributed by atoms with E-state index in [0.29, 0.717) is 5.92 Å². The first-order chi connectivity index (χ1) is 6.15. The fraction of sp³-hybridized carbons (Fsp3) is 0.900. The van der Waals surface area contributed by atoms with Crippen molar-refractivity contribution in [3.63, 3.8) is 0 Å². The highest BCUT2D eigenvalue weighted by atomic mass is 16.5. The van der Waals surface area contributed by atoms with Crippen molar-refractivity contribution in [3.05, 3.63) is 0 Å². The summed E-state index contributed by atoms with van der Waals surface area (Å²) < 4.78 is 4.72. The normalized spacial score (nSPS) is 26.8. The van der Waals surface area contributed by atoms with Crippen molar-refractivity contribution in [1.29, 1.82) is 0 Å². The van der Waals surface area contributed by atoms with Gasteiger partial charge in [0.15, 0.2) is 0 Å². The quantitative estimate of drug-likeness (QED) is 0.607. The molecule has 0 aromatic heterocycles. The van der Waals surface area contributed by atoms with Crippen LogP contribution in [-0.4, -0.2) is 37.1 Å². The molecule has 0 bridgehead atoms. The van der Waals surface area contributed by atoms with Gasteiger partial charge in [-0.15, -0.1) is 0 Å². The third kappa shape index (κ3) is 2.69. The van der Waals surface area contributed by atoms with Crippen LogP contribution in [0, 0.1) is 5.92 Å². The molecule has 1 aliphatic heterocycles. The van der Waals surface area contributed by atoms with E-state index in [1.165, 1.54) is 20.0 Å². The lowest BCUT2D eigenvalue weighted by atomic mass is 9.99. The predicted octanol–water partition coefficient (Wildman–Crippen LogP) is 1.28. The van der Waals surface area contributed by atoms with Crippen LogP contribution in [0.3, 0.4) is 0 Å². The van der Waals surface area contributed by atoms with Gasteiger partial charge in [0.1, 0.15) is 6.04 Å². The highest BCUT2D eigenvalue weighted by molar-refractivity contribution is 5.75. The van der Waals surface area contributed by atoms with E-state index in [0.717, 1.165) is 13.1 Å². The molecule has 0 aliphatic carbocycles. The van der Waals surface area contributed by atoms with Gasteiger partial charge in [0, 0.05) is 6.54 Å². The van der Waals surface area contributed by atoms with Gasteiger partial charge < -0.3 is 4.74 Å². The first-order valence-electron chi connectivity index (χ1n) is 4.97. The molecule has 0 N–H and O–H groups in total. The van der Waals surface area contributed by atoms with E-state index < -0.39 is 0 Å². The topological polar surface area (TPSA) is 29.5 Å². The van der Waals surface area contributed by atoms with Crippen LogP contribution in [0.25, 0.3) is 0 Å². The highest BCUT2D eigenvalue weighted by Crippen LogP contribution is 2.17. The molecule has 13 heavy (non-hydrogen) atoms. The maximum Gasteiger partial charge on any atom is 0.322 e. The number of likely N-dealkylation sites (tertiary alicyclic amines) is 1. The van der Waals surface area contributed by atoms with Crippen LogP contribution in [0.4, 0.5) is 0 Å². The Morgan fingerprint density at radius 2 is 2.31 bits per heavy atom. The van der Waals surface area contributed by atoms with Gasteiger partial charge in [0.25, 0.3) is 0 Å². The van der Waals surface area contributed by atoms with E-state index in [1.54, 1.807) is 0 Å². The summed E-state index contributed by atoms with van der Waals surface area (Å²) >= 11 is 0. The van der Waals surface area contributed by atoms with Crippen molar-refractivity contribution < 1.29 is 9.53 Å². The number of carbonyl (C=O) groups excluding carboxylic acids is 1. The van der Waals surface area contributed by atoms with E-state index in [-0.39, 0.29) is 12.0 Å². The summed E-state index contributed by atoms with van der Waals surface area (Å²) in [6.45, 7) is 6.21. The molecule has 0 saturated carbocycles. The first kappa shape index (κ1) is 10.5. The Morgan fingerprint density at radius 3 is 2.85 bits per heavy atom. The minimum atomic E-state index is -0.117. The highest BCUT2D eigenvalue weighted by Gasteiger charge is 2.25. The first-order valence-corrected chi connectivity index (χ1v) is 4.97. The van der Waals surface area contributed by atoms with Crippen LogP contribution >= 0.6 is 0 Å². The lowest BCUT2D eigenvalue weighted by Gasteiger charge is -2.33. The molecule has 76 valence electrons. The summed E-state index contributed by atoms with van der Waals surface area (Å²) in [6, 6.07) is -0.0762. The van der Waals surface area contributed by atoms with Crippen molar-refractivity contribution in [3.8, 4) is 0 Å². The van der Waals surface area contributed by atoms with Crippen LogP contribution in [0.5, 0.6) is 0 Å². The molecule has 2 atom stereocenters. The van der Waals surface area contributed by atoms with E-state index >= 15 is 0 Å². The molecule has 0 aromatic carbocycles. The van der Waals surface area contributed by atoms with Crippen LogP contribution < -0.4 is 0 Å². The Bertz CT molecular complexity index is 182. The lowest BCUT2D eigenvalue weighted by Crippen LogP contribution is -2.45. The van der Waals surface area contributed by atoms with Crippen molar-refractivity contribution in [1.82, 2.24) is 4.90 Å². The monoisotopic (exact) mass is 185 g/mol. The molecule has 1 saturated heterocycles. The Kier molecular flexibility index (Phi) is 3.72. The minimum Gasteiger partial charge on any atom is -0.468 e. The second-order valence-corrected chi connectivity index (χ2v) is 3.94. The molecule has 1 fully saturated rings. The Labute approximate surface area is 80.1 Å². The van der Waals surface area contributed by atoms with Gasteiger partial charge in [-0.25, -0.2) is 0 Å². The third-order valence-electron chi connectivity index (χ3n) is 2.78. The summed E-state index contributed by atoms with van der Waals surface area (Å²) in [5.74, 6) is 0.593. The summed E-state index contributed by atoms with van der Waals surface area (Å²) in [5.41, 5.74) is 0. The van der Waals surface area contributed by atoms with E-state index in [4.69, 9.17) is 4.74 Å². The number of hydrogen-bond acceptors (Lipinski definition) is 3. The maximum atomic E-state index is 11.3. The minimum absolute atomic E-state index is 0.0762. The number of piperidine rings is 1. The van der Waals surface area contributed by atoms with Gasteiger partial charge in [0.2, 0.25) is 0 Å². The number of esters is 1. The molecule has 0 amide bonds. The summed E-state index contributed by atoms with van der Waals surface area (Å²) in [7, 11) is 1.45. The number of carbonyl (C=O) groups is 1. The maximum absolute atomic E-state index is 11.3. The standard InChI is InChI=1S/C10H19NO2/c1-8-5-4-6-11(7-8)9(2)10(12)13-3/h8-9H,4-7H2,1-3H3/t8-,9-/m0/s1. The van der Waals surface area contributed by atoms with Gasteiger partial charge in [-0.2, -0.15) is 0 Å². The molecular weight excluding hydrogens is 166 g/mol. The predicted molar refractivity (Wildman–Crippen MR) is 51.4 cm³/mol. The second kappa shape index (κ2) is 4.61. The van der Waals surface area contributed by atoms with Crippen LogP contribution in [0.1, 0.15) is 26.7 Å². The van der Waals surface area contributed by atoms with Crippen molar-refractivity contribution >= 4 is 5.97 Å². The average Bonchev–Trinajstić information content (AvgIpc) is 2.15. The SMILES string of the molecule is COC(=O)[C@H](C)N1CCC[C@H](C)C1. The van der Waals surface area contributed by atoms with Gasteiger partial charge in [-0.1, -0.05) is 6.92 Å². The number of rotatable bonds is 2. The molecule has 0 radical (unpaired) electrons. The lowest BCUT2D eigenvalue weighted by molar-refractivity contribution is -0.147. The zero-order chi connectivity index (χ0) is 9.84. The number of ether oxygens (including phenoxy) is 1. The van der Waals surface area contributed by atoms with E-state index in [2.05, 4.69) is 11.8 Å². The number of nitrogens with zero attached hydrogens (tertiary/aromatic N) is 1. The Hall–Kier alpha value is -0.570. The largest absolute Gasteiger partial charge is 0.468 e. The van der Waals surface area contributed by atoms with Gasteiger partial charge in [0.05, 0.1) is 7.11 Å². The van der Waals surface area contributed by atoms with E-state index in [1.807, 2.05) is 6.92 Å². The Morgan fingerprint density at radius 1 is 1.62 bits per heavy atom. The van der Waals surface area contributed by atoms with E-state index in [9.17, 15) is 4.79 Å². The molecule has 0 aromatic rings. The molecule has 3 heteroatoms. The molecule has 3 nitrogen and oxygen atoms in total. The summed E-state index contributed by atoms with van der Waals surface area (Å²) in [5, 5.41) is 0. The Balaban J connectivity index is 2.45. The van der Waals surface area contributed by atoms with Crippen molar-refractivity contribution in [2.24, 2.45) is 5.92 Å². The number of hydrogen-bond donors (Lipinski definition) is 0. The fourth-order valence-electron chi connectivity index (χ4n) is 1.90. The zero-order valence-corrected chi connectivity index (χ0v) is 8.75.